The molecular formula is C12H26N2O3S. The van der Waals surface area contributed by atoms with Gasteiger partial charge in [-0.3, -0.25) is 9.57 Å². The molecule has 0 saturated carbocycles. The zero-order valence-electron chi connectivity index (χ0n) is 11.8. The number of hydrogen-bond donors (Lipinski definition) is 3. The van der Waals surface area contributed by atoms with Crippen molar-refractivity contribution in [3.8, 4) is 0 Å². The molecule has 0 bridgehead atoms. The van der Waals surface area contributed by atoms with Crippen LogP contribution in [-0.4, -0.2) is 32.3 Å². The highest BCUT2D eigenvalue weighted by molar-refractivity contribution is 7.92. The molecule has 0 heterocycles. The number of nitrogens with one attached hydrogen (secondary N) is 1. The van der Waals surface area contributed by atoms with Gasteiger partial charge < -0.3 is 10.8 Å². The molecule has 4 N–H and O–H groups in total. The predicted octanol–water partition coefficient (Wildman–Crippen LogP) is 2.05. The van der Waals surface area contributed by atoms with E-state index in [1.54, 1.807) is 20.8 Å². The van der Waals surface area contributed by atoms with Crippen molar-refractivity contribution < 1.29 is 14.1 Å². The first-order chi connectivity index (χ1) is 7.96. The van der Waals surface area contributed by atoms with E-state index in [2.05, 4.69) is 0 Å². The van der Waals surface area contributed by atoms with Gasteiger partial charge in [0.15, 0.2) is 0 Å². The van der Waals surface area contributed by atoms with Crippen molar-refractivity contribution in [2.75, 3.05) is 11.5 Å². The summed E-state index contributed by atoms with van der Waals surface area (Å²) < 4.78 is 19.7. The van der Waals surface area contributed by atoms with Gasteiger partial charge in [-0.2, -0.15) is 0 Å². The standard InChI is InChI=1S/C12H26N2O3S/c1-5-6-8-18(14,17)9-7-12(13,10(15)16)11(2,3)4/h14H,5-9,13H2,1-4H3,(H,15,16)/t12-,18?/m0/s1. The van der Waals surface area contributed by atoms with Crippen LogP contribution < -0.4 is 5.73 Å². The van der Waals surface area contributed by atoms with E-state index in [0.29, 0.717) is 5.75 Å². The van der Waals surface area contributed by atoms with Gasteiger partial charge in [-0.25, -0.2) is 4.21 Å². The second-order valence-corrected chi connectivity index (χ2v) is 8.29. The maximum Gasteiger partial charge on any atom is 0.324 e. The SMILES string of the molecule is CCCCS(=N)(=O)CC[C@](N)(C(=O)O)C(C)(C)C. The molecule has 5 nitrogen and oxygen atoms in total. The monoisotopic (exact) mass is 278 g/mol. The lowest BCUT2D eigenvalue weighted by Crippen LogP contribution is -2.58. The Morgan fingerprint density at radius 2 is 1.83 bits per heavy atom. The summed E-state index contributed by atoms with van der Waals surface area (Å²) in [6, 6.07) is 0. The fourth-order valence-corrected chi connectivity index (χ4v) is 3.22. The summed E-state index contributed by atoms with van der Waals surface area (Å²) in [7, 11) is -2.71. The molecule has 0 aromatic carbocycles. The van der Waals surface area contributed by atoms with E-state index in [0.717, 1.165) is 12.8 Å². The lowest BCUT2D eigenvalue weighted by atomic mass is 9.72. The van der Waals surface area contributed by atoms with Gasteiger partial charge in [0, 0.05) is 21.2 Å². The summed E-state index contributed by atoms with van der Waals surface area (Å²) >= 11 is 0. The topological polar surface area (TPSA) is 104 Å². The van der Waals surface area contributed by atoms with Crippen LogP contribution in [0.15, 0.2) is 0 Å². The van der Waals surface area contributed by atoms with E-state index in [4.69, 9.17) is 10.5 Å². The Hall–Kier alpha value is -0.620. The molecule has 0 spiro atoms. The quantitative estimate of drug-likeness (QED) is 0.663. The molecule has 0 radical (unpaired) electrons. The molecule has 0 fully saturated rings. The minimum absolute atomic E-state index is 0.0487. The van der Waals surface area contributed by atoms with E-state index in [1.807, 2.05) is 6.92 Å². The molecule has 2 atom stereocenters. The van der Waals surface area contributed by atoms with E-state index in [9.17, 15) is 14.1 Å². The first kappa shape index (κ1) is 17.4. The zero-order chi connectivity index (χ0) is 14.6. The average molecular weight is 278 g/mol. The van der Waals surface area contributed by atoms with E-state index in [-0.39, 0.29) is 12.2 Å². The Morgan fingerprint density at radius 1 is 1.33 bits per heavy atom. The number of carboxylic acid groups (broad SMARTS) is 1. The Balaban J connectivity index is 4.81. The van der Waals surface area contributed by atoms with Crippen LogP contribution >= 0.6 is 0 Å². The number of carboxylic acids is 1. The van der Waals surface area contributed by atoms with Gasteiger partial charge in [0.2, 0.25) is 0 Å². The number of aliphatic carboxylic acids is 1. The number of nitrogens with two attached hydrogens (primary N) is 1. The maximum atomic E-state index is 12.0. The van der Waals surface area contributed by atoms with Crippen molar-refractivity contribution in [1.82, 2.24) is 0 Å². The van der Waals surface area contributed by atoms with E-state index >= 15 is 0 Å². The van der Waals surface area contributed by atoms with Gasteiger partial charge in [-0.15, -0.1) is 0 Å². The molecule has 1 unspecified atom stereocenters. The number of hydrogen-bond acceptors (Lipinski definition) is 4. The van der Waals surface area contributed by atoms with Crippen LogP contribution in [0.2, 0.25) is 0 Å². The third-order valence-electron chi connectivity index (χ3n) is 3.37. The summed E-state index contributed by atoms with van der Waals surface area (Å²) in [6.45, 7) is 7.21. The highest BCUT2D eigenvalue weighted by Gasteiger charge is 2.45. The first-order valence-electron chi connectivity index (χ1n) is 6.23. The fourth-order valence-electron chi connectivity index (χ4n) is 1.61. The average Bonchev–Trinajstić information content (AvgIpc) is 2.21. The molecule has 0 aromatic heterocycles. The van der Waals surface area contributed by atoms with Gasteiger partial charge in [0.25, 0.3) is 0 Å². The zero-order valence-corrected chi connectivity index (χ0v) is 12.6. The Bertz CT molecular complexity index is 385. The van der Waals surface area contributed by atoms with Crippen LogP contribution in [0.3, 0.4) is 0 Å². The van der Waals surface area contributed by atoms with Crippen LogP contribution in [0, 0.1) is 10.2 Å². The van der Waals surface area contributed by atoms with Crippen LogP contribution in [0.1, 0.15) is 47.0 Å². The molecule has 6 heteroatoms. The maximum absolute atomic E-state index is 12.0. The molecule has 0 saturated heterocycles. The van der Waals surface area contributed by atoms with Crippen LogP contribution in [0.25, 0.3) is 0 Å². The minimum atomic E-state index is -2.71. The highest BCUT2D eigenvalue weighted by Crippen LogP contribution is 2.31. The lowest BCUT2D eigenvalue weighted by Gasteiger charge is -2.37. The van der Waals surface area contributed by atoms with Gasteiger partial charge in [0.1, 0.15) is 5.54 Å². The molecule has 0 aliphatic heterocycles. The third kappa shape index (κ3) is 4.57. The number of carbonyl (C=O) groups is 1. The lowest BCUT2D eigenvalue weighted by molar-refractivity contribution is -0.147. The van der Waals surface area contributed by atoms with Gasteiger partial charge in [-0.1, -0.05) is 34.1 Å². The van der Waals surface area contributed by atoms with Gasteiger partial charge >= 0.3 is 5.97 Å². The molecule has 0 aliphatic carbocycles. The minimum Gasteiger partial charge on any atom is -0.480 e. The van der Waals surface area contributed by atoms with Gasteiger partial charge in [-0.05, 0) is 18.3 Å². The van der Waals surface area contributed by atoms with Crippen molar-refractivity contribution in [1.29, 1.82) is 4.78 Å². The molecule has 18 heavy (non-hydrogen) atoms. The highest BCUT2D eigenvalue weighted by atomic mass is 32.2. The summed E-state index contributed by atoms with van der Waals surface area (Å²) in [5.74, 6) is -0.725. The smallest absolute Gasteiger partial charge is 0.324 e. The molecule has 0 aromatic rings. The van der Waals surface area contributed by atoms with Crippen molar-refractivity contribution in [3.63, 3.8) is 0 Å². The Kier molecular flexibility index (Phi) is 5.81. The largest absolute Gasteiger partial charge is 0.480 e. The molecular weight excluding hydrogens is 252 g/mol. The normalized spacial score (nSPS) is 18.9. The summed E-state index contributed by atoms with van der Waals surface area (Å²) in [5, 5.41) is 9.26. The van der Waals surface area contributed by atoms with Crippen LogP contribution in [0.4, 0.5) is 0 Å². The summed E-state index contributed by atoms with van der Waals surface area (Å²) in [5.41, 5.74) is 3.86. The van der Waals surface area contributed by atoms with E-state index < -0.39 is 26.7 Å². The second-order valence-electron chi connectivity index (χ2n) is 5.85. The van der Waals surface area contributed by atoms with Crippen molar-refractivity contribution >= 4 is 15.7 Å². The van der Waals surface area contributed by atoms with Crippen molar-refractivity contribution in [3.05, 3.63) is 0 Å². The molecule has 0 aliphatic rings. The molecule has 0 amide bonds. The number of unbranched alkanes of at least 4 members (excludes halogenated alkanes) is 1. The fraction of sp³-hybridized carbons (Fsp3) is 0.917. The van der Waals surface area contributed by atoms with Crippen molar-refractivity contribution in [2.45, 2.75) is 52.5 Å². The third-order valence-corrected chi connectivity index (χ3v) is 5.19. The summed E-state index contributed by atoms with van der Waals surface area (Å²) in [4.78, 5) is 11.3. The van der Waals surface area contributed by atoms with E-state index in [1.165, 1.54) is 0 Å². The molecule has 0 rings (SSSR count). The predicted molar refractivity (Wildman–Crippen MR) is 74.1 cm³/mol. The Morgan fingerprint density at radius 3 is 2.17 bits per heavy atom. The first-order valence-corrected chi connectivity index (χ1v) is 8.12. The molecule has 108 valence electrons. The van der Waals surface area contributed by atoms with Crippen LogP contribution in [-0.2, 0) is 14.5 Å². The Labute approximate surface area is 110 Å². The second kappa shape index (κ2) is 6.02. The van der Waals surface area contributed by atoms with Crippen molar-refractivity contribution in [2.24, 2.45) is 11.1 Å². The summed E-state index contributed by atoms with van der Waals surface area (Å²) in [6.07, 6.45) is 1.67. The number of rotatable bonds is 7. The van der Waals surface area contributed by atoms with Gasteiger partial charge in [0.05, 0.1) is 0 Å². The van der Waals surface area contributed by atoms with Crippen LogP contribution in [0.5, 0.6) is 0 Å².